The molecule has 0 saturated carbocycles. The molecule has 1 nitrogen and oxygen atoms in total. The number of benzene rings is 1. The van der Waals surface area contributed by atoms with Crippen molar-refractivity contribution in [3.05, 3.63) is 35.4 Å². The molecule has 1 fully saturated rings. The zero-order chi connectivity index (χ0) is 15.4. The van der Waals surface area contributed by atoms with Crippen LogP contribution in [0.2, 0.25) is 0 Å². The summed E-state index contributed by atoms with van der Waals surface area (Å²) in [5.74, 6) is 0.634. The minimum Gasteiger partial charge on any atom is -0.296 e. The minimum atomic E-state index is 0.0963. The number of alkyl halides is 1. The summed E-state index contributed by atoms with van der Waals surface area (Å²) in [5, 5.41) is 0.0963. The quantitative estimate of drug-likeness (QED) is 0.627. The molecule has 4 atom stereocenters. The van der Waals surface area contributed by atoms with Crippen LogP contribution in [0.5, 0.6) is 0 Å². The molecule has 21 heavy (non-hydrogen) atoms. The Morgan fingerprint density at radius 3 is 2.14 bits per heavy atom. The van der Waals surface area contributed by atoms with Gasteiger partial charge in [0.15, 0.2) is 0 Å². The third kappa shape index (κ3) is 4.23. The molecule has 0 bridgehead atoms. The number of likely N-dealkylation sites (tertiary alicyclic amines) is 1. The lowest BCUT2D eigenvalue weighted by molar-refractivity contribution is 0.103. The number of halogens is 1. The molecule has 2 heteroatoms. The normalized spacial score (nSPS) is 26.5. The van der Waals surface area contributed by atoms with Gasteiger partial charge < -0.3 is 0 Å². The molecule has 1 saturated heterocycles. The highest BCUT2D eigenvalue weighted by Crippen LogP contribution is 2.29. The predicted octanol–water partition coefficient (Wildman–Crippen LogP) is 5.74. The Morgan fingerprint density at radius 2 is 1.62 bits per heavy atom. The second-order valence-electron chi connectivity index (χ2n) is 6.77. The molecule has 1 aliphatic heterocycles. The van der Waals surface area contributed by atoms with Gasteiger partial charge in [0, 0.05) is 18.6 Å². The molecular formula is C19H30ClN. The summed E-state index contributed by atoms with van der Waals surface area (Å²) in [6.45, 7) is 10.2. The van der Waals surface area contributed by atoms with Crippen LogP contribution in [0.15, 0.2) is 24.3 Å². The minimum absolute atomic E-state index is 0.0963. The van der Waals surface area contributed by atoms with Crippen molar-refractivity contribution < 1.29 is 0 Å². The Hall–Kier alpha value is -0.530. The number of rotatable bonds is 5. The standard InChI is InChI=1S/C19H30ClN/c1-5-14(2)17-9-11-18(12-10-17)19(20)13-21-15(3)7-6-8-16(21)4/h9-12,14-16,19H,5-8,13H2,1-4H3. The molecule has 0 N–H and O–H groups in total. The van der Waals surface area contributed by atoms with Gasteiger partial charge in [0.2, 0.25) is 0 Å². The Kier molecular flexibility index (Phi) is 6.13. The monoisotopic (exact) mass is 307 g/mol. The summed E-state index contributed by atoms with van der Waals surface area (Å²) in [5.41, 5.74) is 2.68. The SMILES string of the molecule is CCC(C)c1ccc(C(Cl)CN2C(C)CCCC2C)cc1. The smallest absolute Gasteiger partial charge is 0.0712 e. The van der Waals surface area contributed by atoms with Crippen LogP contribution in [0, 0.1) is 0 Å². The van der Waals surface area contributed by atoms with E-state index in [1.807, 2.05) is 0 Å². The molecule has 1 aromatic carbocycles. The molecule has 1 heterocycles. The van der Waals surface area contributed by atoms with E-state index in [0.29, 0.717) is 18.0 Å². The number of hydrogen-bond acceptors (Lipinski definition) is 1. The first-order valence-corrected chi connectivity index (χ1v) is 8.96. The van der Waals surface area contributed by atoms with Crippen molar-refractivity contribution in [2.75, 3.05) is 6.54 Å². The van der Waals surface area contributed by atoms with Crippen molar-refractivity contribution in [1.29, 1.82) is 0 Å². The Labute approximate surface area is 135 Å². The van der Waals surface area contributed by atoms with Gasteiger partial charge in [-0.25, -0.2) is 0 Å². The highest BCUT2D eigenvalue weighted by atomic mass is 35.5. The lowest BCUT2D eigenvalue weighted by atomic mass is 9.95. The van der Waals surface area contributed by atoms with Crippen LogP contribution < -0.4 is 0 Å². The van der Waals surface area contributed by atoms with E-state index in [-0.39, 0.29) is 5.38 Å². The van der Waals surface area contributed by atoms with E-state index >= 15 is 0 Å². The highest BCUT2D eigenvalue weighted by molar-refractivity contribution is 6.21. The van der Waals surface area contributed by atoms with Gasteiger partial charge in [0.1, 0.15) is 0 Å². The third-order valence-corrected chi connectivity index (χ3v) is 5.62. The van der Waals surface area contributed by atoms with Gasteiger partial charge in [-0.2, -0.15) is 0 Å². The molecule has 0 amide bonds. The average Bonchev–Trinajstić information content (AvgIpc) is 2.50. The van der Waals surface area contributed by atoms with Gasteiger partial charge in [-0.1, -0.05) is 44.5 Å². The lowest BCUT2D eigenvalue weighted by Crippen LogP contribution is -2.45. The zero-order valence-electron chi connectivity index (χ0n) is 14.0. The van der Waals surface area contributed by atoms with Gasteiger partial charge >= 0.3 is 0 Å². The zero-order valence-corrected chi connectivity index (χ0v) is 14.7. The summed E-state index contributed by atoms with van der Waals surface area (Å²) in [7, 11) is 0. The van der Waals surface area contributed by atoms with E-state index < -0.39 is 0 Å². The number of nitrogens with zero attached hydrogens (tertiary/aromatic N) is 1. The van der Waals surface area contributed by atoms with E-state index in [1.165, 1.54) is 36.8 Å². The molecule has 0 aliphatic carbocycles. The fourth-order valence-electron chi connectivity index (χ4n) is 3.39. The summed E-state index contributed by atoms with van der Waals surface area (Å²) in [6.07, 6.45) is 5.16. The summed E-state index contributed by atoms with van der Waals surface area (Å²) < 4.78 is 0. The van der Waals surface area contributed by atoms with E-state index in [2.05, 4.69) is 56.9 Å². The maximum atomic E-state index is 6.69. The Bertz CT molecular complexity index is 418. The van der Waals surface area contributed by atoms with E-state index in [0.717, 1.165) is 6.54 Å². The first kappa shape index (κ1) is 16.8. The maximum absolute atomic E-state index is 6.69. The maximum Gasteiger partial charge on any atom is 0.0712 e. The molecule has 0 aromatic heterocycles. The number of piperidine rings is 1. The van der Waals surface area contributed by atoms with Crippen LogP contribution >= 0.6 is 11.6 Å². The van der Waals surface area contributed by atoms with Gasteiger partial charge in [-0.05, 0) is 50.2 Å². The molecule has 1 aromatic rings. The second kappa shape index (κ2) is 7.65. The Morgan fingerprint density at radius 1 is 1.10 bits per heavy atom. The summed E-state index contributed by atoms with van der Waals surface area (Å²) >= 11 is 6.69. The molecule has 0 spiro atoms. The van der Waals surface area contributed by atoms with Gasteiger partial charge in [-0.15, -0.1) is 11.6 Å². The van der Waals surface area contributed by atoms with Crippen molar-refractivity contribution in [2.24, 2.45) is 0 Å². The molecule has 118 valence electrons. The van der Waals surface area contributed by atoms with E-state index in [9.17, 15) is 0 Å². The molecule has 2 rings (SSSR count). The molecule has 1 aliphatic rings. The second-order valence-corrected chi connectivity index (χ2v) is 7.30. The highest BCUT2D eigenvalue weighted by Gasteiger charge is 2.26. The predicted molar refractivity (Wildman–Crippen MR) is 93.2 cm³/mol. The van der Waals surface area contributed by atoms with E-state index in [4.69, 9.17) is 11.6 Å². The summed E-state index contributed by atoms with van der Waals surface area (Å²) in [6, 6.07) is 10.3. The van der Waals surface area contributed by atoms with Crippen molar-refractivity contribution >= 4 is 11.6 Å². The van der Waals surface area contributed by atoms with Crippen molar-refractivity contribution in [3.63, 3.8) is 0 Å². The molecule has 4 unspecified atom stereocenters. The molecule has 0 radical (unpaired) electrons. The largest absolute Gasteiger partial charge is 0.296 e. The van der Waals surface area contributed by atoms with Crippen LogP contribution in [0.4, 0.5) is 0 Å². The van der Waals surface area contributed by atoms with Crippen LogP contribution in [-0.4, -0.2) is 23.5 Å². The fourth-order valence-corrected chi connectivity index (χ4v) is 3.70. The van der Waals surface area contributed by atoms with Gasteiger partial charge in [0.25, 0.3) is 0 Å². The molecular weight excluding hydrogens is 278 g/mol. The summed E-state index contributed by atoms with van der Waals surface area (Å²) in [4.78, 5) is 2.59. The van der Waals surface area contributed by atoms with E-state index in [1.54, 1.807) is 0 Å². The van der Waals surface area contributed by atoms with Gasteiger partial charge in [-0.3, -0.25) is 4.90 Å². The Balaban J connectivity index is 2.00. The van der Waals surface area contributed by atoms with Gasteiger partial charge in [0.05, 0.1) is 5.38 Å². The first-order chi connectivity index (χ1) is 10.0. The van der Waals surface area contributed by atoms with Crippen LogP contribution in [0.25, 0.3) is 0 Å². The first-order valence-electron chi connectivity index (χ1n) is 8.52. The van der Waals surface area contributed by atoms with Crippen molar-refractivity contribution in [1.82, 2.24) is 4.90 Å². The lowest BCUT2D eigenvalue weighted by Gasteiger charge is -2.40. The van der Waals surface area contributed by atoms with Crippen molar-refractivity contribution in [2.45, 2.75) is 76.8 Å². The van der Waals surface area contributed by atoms with Crippen LogP contribution in [0.3, 0.4) is 0 Å². The average molecular weight is 308 g/mol. The van der Waals surface area contributed by atoms with Crippen LogP contribution in [0.1, 0.15) is 75.8 Å². The van der Waals surface area contributed by atoms with Crippen LogP contribution in [-0.2, 0) is 0 Å². The third-order valence-electron chi connectivity index (χ3n) is 5.23. The fraction of sp³-hybridized carbons (Fsp3) is 0.684. The topological polar surface area (TPSA) is 3.24 Å². The van der Waals surface area contributed by atoms with Crippen molar-refractivity contribution in [3.8, 4) is 0 Å². The number of hydrogen-bond donors (Lipinski definition) is 0.